The zero-order valence-corrected chi connectivity index (χ0v) is 8.84. The van der Waals surface area contributed by atoms with Crippen LogP contribution in [0.2, 0.25) is 0 Å². The molecule has 0 unspecified atom stereocenters. The number of nitrogens with one attached hydrogen (secondary N) is 2. The SMILES string of the molecule is CCCNC(=O)COC[C@@H]1CCCN1. The smallest absolute Gasteiger partial charge is 0.245 e. The Kier molecular flexibility index (Phi) is 5.56. The van der Waals surface area contributed by atoms with Crippen molar-refractivity contribution in [1.82, 2.24) is 10.6 Å². The molecule has 0 spiro atoms. The zero-order valence-electron chi connectivity index (χ0n) is 8.84. The van der Waals surface area contributed by atoms with Gasteiger partial charge >= 0.3 is 0 Å². The maximum atomic E-state index is 11.1. The normalized spacial score (nSPS) is 21.1. The molecule has 1 saturated heterocycles. The van der Waals surface area contributed by atoms with Gasteiger partial charge in [-0.15, -0.1) is 0 Å². The molecule has 1 aliphatic heterocycles. The maximum Gasteiger partial charge on any atom is 0.245 e. The van der Waals surface area contributed by atoms with Crippen molar-refractivity contribution >= 4 is 5.91 Å². The summed E-state index contributed by atoms with van der Waals surface area (Å²) < 4.78 is 5.30. The van der Waals surface area contributed by atoms with E-state index < -0.39 is 0 Å². The van der Waals surface area contributed by atoms with Gasteiger partial charge in [-0.2, -0.15) is 0 Å². The summed E-state index contributed by atoms with van der Waals surface area (Å²) >= 11 is 0. The first-order chi connectivity index (χ1) is 6.83. The minimum absolute atomic E-state index is 0.00940. The molecule has 4 heteroatoms. The lowest BCUT2D eigenvalue weighted by atomic mass is 10.2. The van der Waals surface area contributed by atoms with Crippen LogP contribution in [0.25, 0.3) is 0 Å². The van der Waals surface area contributed by atoms with E-state index in [1.165, 1.54) is 6.42 Å². The molecule has 14 heavy (non-hydrogen) atoms. The van der Waals surface area contributed by atoms with Crippen molar-refractivity contribution < 1.29 is 9.53 Å². The number of carbonyl (C=O) groups excluding carboxylic acids is 1. The summed E-state index contributed by atoms with van der Waals surface area (Å²) in [6, 6.07) is 0.453. The van der Waals surface area contributed by atoms with Gasteiger partial charge in [-0.3, -0.25) is 4.79 Å². The van der Waals surface area contributed by atoms with E-state index in [4.69, 9.17) is 4.74 Å². The third kappa shape index (κ3) is 4.58. The van der Waals surface area contributed by atoms with Gasteiger partial charge in [0.15, 0.2) is 0 Å². The van der Waals surface area contributed by atoms with E-state index in [-0.39, 0.29) is 12.5 Å². The molecule has 1 aliphatic rings. The van der Waals surface area contributed by atoms with Crippen molar-refractivity contribution in [2.75, 3.05) is 26.3 Å². The van der Waals surface area contributed by atoms with Crippen molar-refractivity contribution in [3.63, 3.8) is 0 Å². The number of carbonyl (C=O) groups is 1. The fourth-order valence-electron chi connectivity index (χ4n) is 1.51. The molecule has 4 nitrogen and oxygen atoms in total. The van der Waals surface area contributed by atoms with Crippen LogP contribution in [0.15, 0.2) is 0 Å². The van der Waals surface area contributed by atoms with Gasteiger partial charge in [0.05, 0.1) is 6.61 Å². The van der Waals surface area contributed by atoms with Crippen molar-refractivity contribution in [3.8, 4) is 0 Å². The molecule has 1 fully saturated rings. The van der Waals surface area contributed by atoms with Crippen molar-refractivity contribution in [3.05, 3.63) is 0 Å². The highest BCUT2D eigenvalue weighted by atomic mass is 16.5. The van der Waals surface area contributed by atoms with Crippen LogP contribution in [0.1, 0.15) is 26.2 Å². The van der Waals surface area contributed by atoms with E-state index in [0.717, 1.165) is 25.9 Å². The van der Waals surface area contributed by atoms with Crippen LogP contribution in [0.5, 0.6) is 0 Å². The van der Waals surface area contributed by atoms with Gasteiger partial charge in [0.1, 0.15) is 6.61 Å². The average Bonchev–Trinajstić information content (AvgIpc) is 2.67. The molecule has 0 aromatic carbocycles. The molecular formula is C10H20N2O2. The number of ether oxygens (including phenoxy) is 1. The van der Waals surface area contributed by atoms with E-state index in [0.29, 0.717) is 12.6 Å². The highest BCUT2D eigenvalue weighted by molar-refractivity contribution is 5.77. The standard InChI is InChI=1S/C10H20N2O2/c1-2-5-12-10(13)8-14-7-9-4-3-6-11-9/h9,11H,2-8H2,1H3,(H,12,13)/t9-/m0/s1. The fourth-order valence-corrected chi connectivity index (χ4v) is 1.51. The molecule has 0 bridgehead atoms. The van der Waals surface area contributed by atoms with E-state index in [2.05, 4.69) is 10.6 Å². The molecule has 2 N–H and O–H groups in total. The van der Waals surface area contributed by atoms with E-state index in [9.17, 15) is 4.79 Å². The first kappa shape index (κ1) is 11.5. The first-order valence-corrected chi connectivity index (χ1v) is 5.40. The number of hydrogen-bond donors (Lipinski definition) is 2. The Balaban J connectivity index is 1.94. The van der Waals surface area contributed by atoms with Gasteiger partial charge in [-0.25, -0.2) is 0 Å². The number of amides is 1. The predicted molar refractivity (Wildman–Crippen MR) is 55.1 cm³/mol. The van der Waals surface area contributed by atoms with Gasteiger partial charge in [0, 0.05) is 12.6 Å². The van der Waals surface area contributed by atoms with Crippen LogP contribution >= 0.6 is 0 Å². The Morgan fingerprint density at radius 2 is 2.50 bits per heavy atom. The second kappa shape index (κ2) is 6.79. The largest absolute Gasteiger partial charge is 0.370 e. The van der Waals surface area contributed by atoms with E-state index >= 15 is 0 Å². The predicted octanol–water partition coefficient (Wildman–Crippen LogP) is 0.281. The van der Waals surface area contributed by atoms with Crippen LogP contribution in [-0.4, -0.2) is 38.3 Å². The second-order valence-electron chi connectivity index (χ2n) is 3.66. The third-order valence-corrected chi connectivity index (χ3v) is 2.29. The van der Waals surface area contributed by atoms with Crippen LogP contribution in [0, 0.1) is 0 Å². The minimum atomic E-state index is -0.00940. The monoisotopic (exact) mass is 200 g/mol. The summed E-state index contributed by atoms with van der Waals surface area (Å²) in [7, 11) is 0. The summed E-state index contributed by atoms with van der Waals surface area (Å²) in [5, 5.41) is 6.09. The van der Waals surface area contributed by atoms with Crippen molar-refractivity contribution in [2.45, 2.75) is 32.2 Å². The summed E-state index contributed by atoms with van der Waals surface area (Å²) in [5.41, 5.74) is 0. The Morgan fingerprint density at radius 3 is 3.14 bits per heavy atom. The zero-order chi connectivity index (χ0) is 10.2. The number of rotatable bonds is 6. The lowest BCUT2D eigenvalue weighted by molar-refractivity contribution is -0.125. The molecule has 0 aliphatic carbocycles. The van der Waals surface area contributed by atoms with Crippen LogP contribution in [0.4, 0.5) is 0 Å². The Hall–Kier alpha value is -0.610. The van der Waals surface area contributed by atoms with Crippen molar-refractivity contribution in [1.29, 1.82) is 0 Å². The molecule has 1 rings (SSSR count). The van der Waals surface area contributed by atoms with Gasteiger partial charge < -0.3 is 15.4 Å². The summed E-state index contributed by atoms with van der Waals surface area (Å²) in [4.78, 5) is 11.1. The van der Waals surface area contributed by atoms with Gasteiger partial charge in [-0.1, -0.05) is 6.92 Å². The highest BCUT2D eigenvalue weighted by Crippen LogP contribution is 2.04. The van der Waals surface area contributed by atoms with Crippen molar-refractivity contribution in [2.24, 2.45) is 0 Å². The fraction of sp³-hybridized carbons (Fsp3) is 0.900. The minimum Gasteiger partial charge on any atom is -0.370 e. The second-order valence-corrected chi connectivity index (χ2v) is 3.66. The van der Waals surface area contributed by atoms with E-state index in [1.807, 2.05) is 6.92 Å². The maximum absolute atomic E-state index is 11.1. The number of hydrogen-bond acceptors (Lipinski definition) is 3. The Morgan fingerprint density at radius 1 is 1.64 bits per heavy atom. The quantitative estimate of drug-likeness (QED) is 0.647. The topological polar surface area (TPSA) is 50.4 Å². The van der Waals surface area contributed by atoms with Crippen LogP contribution in [-0.2, 0) is 9.53 Å². The summed E-state index contributed by atoms with van der Waals surface area (Å²) in [6.07, 6.45) is 3.35. The first-order valence-electron chi connectivity index (χ1n) is 5.40. The lowest BCUT2D eigenvalue weighted by Gasteiger charge is -2.10. The molecular weight excluding hydrogens is 180 g/mol. The molecule has 0 aromatic heterocycles. The summed E-state index contributed by atoms with van der Waals surface area (Å²) in [5.74, 6) is -0.00940. The van der Waals surface area contributed by atoms with Gasteiger partial charge in [0.25, 0.3) is 0 Å². The van der Waals surface area contributed by atoms with Crippen LogP contribution in [0.3, 0.4) is 0 Å². The Labute approximate surface area is 85.4 Å². The Bertz CT molecular complexity index is 168. The van der Waals surface area contributed by atoms with Crippen LogP contribution < -0.4 is 10.6 Å². The molecule has 1 amide bonds. The third-order valence-electron chi connectivity index (χ3n) is 2.29. The van der Waals surface area contributed by atoms with Gasteiger partial charge in [0.2, 0.25) is 5.91 Å². The molecule has 0 aromatic rings. The van der Waals surface area contributed by atoms with E-state index in [1.54, 1.807) is 0 Å². The molecule has 1 atom stereocenters. The molecule has 0 saturated carbocycles. The highest BCUT2D eigenvalue weighted by Gasteiger charge is 2.14. The molecule has 0 radical (unpaired) electrons. The molecule has 1 heterocycles. The average molecular weight is 200 g/mol. The lowest BCUT2D eigenvalue weighted by Crippen LogP contribution is -2.32. The summed E-state index contributed by atoms with van der Waals surface area (Å²) in [6.45, 7) is 4.70. The van der Waals surface area contributed by atoms with Gasteiger partial charge in [-0.05, 0) is 25.8 Å². The molecule has 82 valence electrons.